The van der Waals surface area contributed by atoms with E-state index in [1.165, 1.54) is 14.7 Å². The van der Waals surface area contributed by atoms with Crippen molar-refractivity contribution < 1.29 is 57.6 Å². The highest BCUT2D eigenvalue weighted by Crippen LogP contribution is 2.54. The molecule has 0 aromatic heterocycles. The van der Waals surface area contributed by atoms with Crippen molar-refractivity contribution in [3.05, 3.63) is 83.9 Å². The zero-order valence-corrected chi connectivity index (χ0v) is 21.5. The van der Waals surface area contributed by atoms with Crippen LogP contribution < -0.4 is 0 Å². The number of aryl methyl sites for hydroxylation is 2. The van der Waals surface area contributed by atoms with Gasteiger partial charge in [0.2, 0.25) is 0 Å². The molecule has 0 unspecified atom stereocenters. The largest absolute Gasteiger partial charge is 0.743 e. The molecule has 0 amide bonds. The normalized spacial score (nSPS) is 13.2. The van der Waals surface area contributed by atoms with E-state index in [4.69, 9.17) is 0 Å². The average molecular weight is 607 g/mol. The molecule has 3 rings (SSSR count). The Morgan fingerprint density at radius 3 is 1.33 bits per heavy atom. The molecule has 0 aliphatic heterocycles. The summed E-state index contributed by atoms with van der Waals surface area (Å²) >= 11 is 0. The van der Waals surface area contributed by atoms with Crippen molar-refractivity contribution in [1.82, 2.24) is 0 Å². The summed E-state index contributed by atoms with van der Waals surface area (Å²) in [5, 5.41) is 2.94. The van der Waals surface area contributed by atoms with E-state index in [9.17, 15) is 57.6 Å². The number of benzene rings is 3. The molecule has 3 aromatic carbocycles. The third kappa shape index (κ3) is 6.47. The van der Waals surface area contributed by atoms with Gasteiger partial charge in [0.1, 0.15) is 5.75 Å². The Kier molecular flexibility index (Phi) is 9.35. The van der Waals surface area contributed by atoms with Crippen LogP contribution in [0.3, 0.4) is 0 Å². The van der Waals surface area contributed by atoms with Crippen LogP contribution in [-0.4, -0.2) is 41.4 Å². The van der Waals surface area contributed by atoms with Crippen molar-refractivity contribution in [3.8, 4) is 5.75 Å². The molecule has 4 nitrogen and oxygen atoms in total. The van der Waals surface area contributed by atoms with Crippen molar-refractivity contribution in [1.29, 1.82) is 0 Å². The molecule has 0 atom stereocenters. The first-order chi connectivity index (χ1) is 17.7. The number of hydrogen-bond acceptors (Lipinski definition) is 4. The number of phenolic OH excluding ortho intramolecular Hbond substituents is 1. The molecular formula is C24H19F9O4S2. The first-order valence-electron chi connectivity index (χ1n) is 10.5. The number of hydrogen-bond donors (Lipinski definition) is 1. The SMILES string of the molecule is Cc1cc([S+](c2ccccc2)c2ccccc2)cc(C)c1O.O=S(=O)([O-])C(F)(F)C(F)(F)C(F)(F)C(F)(F)F. The summed E-state index contributed by atoms with van der Waals surface area (Å²) < 4.78 is 135. The molecule has 0 fully saturated rings. The fourth-order valence-corrected chi connectivity index (χ4v) is 5.78. The van der Waals surface area contributed by atoms with E-state index in [0.29, 0.717) is 5.75 Å². The fraction of sp³-hybridized carbons (Fsp3) is 0.250. The van der Waals surface area contributed by atoms with Gasteiger partial charge in [-0.05, 0) is 49.2 Å². The van der Waals surface area contributed by atoms with E-state index in [0.717, 1.165) is 11.1 Å². The molecule has 0 saturated heterocycles. The average Bonchev–Trinajstić information content (AvgIpc) is 2.83. The second kappa shape index (κ2) is 11.3. The second-order valence-electron chi connectivity index (χ2n) is 7.96. The minimum Gasteiger partial charge on any atom is -0.743 e. The van der Waals surface area contributed by atoms with Gasteiger partial charge in [0.25, 0.3) is 0 Å². The molecular weight excluding hydrogens is 587 g/mol. The highest BCUT2D eigenvalue weighted by Gasteiger charge is 2.83. The van der Waals surface area contributed by atoms with Crippen molar-refractivity contribution in [2.75, 3.05) is 0 Å². The predicted molar refractivity (Wildman–Crippen MR) is 123 cm³/mol. The Labute approximate surface area is 220 Å². The summed E-state index contributed by atoms with van der Waals surface area (Å²) in [6, 6.07) is 25.3. The summed E-state index contributed by atoms with van der Waals surface area (Å²) in [4.78, 5) is 3.82. The van der Waals surface area contributed by atoms with E-state index < -0.39 is 33.4 Å². The summed E-state index contributed by atoms with van der Waals surface area (Å²) in [6.07, 6.45) is -7.16. The van der Waals surface area contributed by atoms with Crippen LogP contribution in [0.4, 0.5) is 39.5 Å². The minimum absolute atomic E-state index is 0.155. The lowest BCUT2D eigenvalue weighted by molar-refractivity contribution is -0.382. The zero-order valence-electron chi connectivity index (χ0n) is 19.8. The maximum absolute atomic E-state index is 12.2. The standard InChI is InChI=1S/C20H18OS.C4HF9O3S/c1-15-13-19(14-16(2)20(15)21)22(17-9-5-3-6-10-17)18-11-7-4-8-12-18;5-1(6,3(9,10)11)2(7,8)4(12,13)17(14,15)16/h3-14H,1-2H3;(H,14,15,16). The first-order valence-corrected chi connectivity index (χ1v) is 13.1. The molecule has 214 valence electrons. The molecule has 1 N–H and O–H groups in total. The summed E-state index contributed by atoms with van der Waals surface area (Å²) in [6.45, 7) is 3.92. The van der Waals surface area contributed by atoms with Gasteiger partial charge in [-0.3, -0.25) is 0 Å². The van der Waals surface area contributed by atoms with Crippen molar-refractivity contribution in [2.45, 2.75) is 51.8 Å². The van der Waals surface area contributed by atoms with Gasteiger partial charge >= 0.3 is 23.3 Å². The Hall–Kier alpha value is -2.91. The van der Waals surface area contributed by atoms with E-state index in [2.05, 4.69) is 60.7 Å². The number of phenols is 1. The van der Waals surface area contributed by atoms with Gasteiger partial charge in [-0.1, -0.05) is 36.4 Å². The topological polar surface area (TPSA) is 77.4 Å². The lowest BCUT2D eigenvalue weighted by Gasteiger charge is -2.34. The third-order valence-electron chi connectivity index (χ3n) is 5.09. The van der Waals surface area contributed by atoms with Gasteiger partial charge in [0.05, 0.1) is 10.9 Å². The zero-order chi connectivity index (χ0) is 30.0. The number of aromatic hydroxyl groups is 1. The Morgan fingerprint density at radius 2 is 1.03 bits per heavy atom. The van der Waals surface area contributed by atoms with Crippen LogP contribution >= 0.6 is 0 Å². The van der Waals surface area contributed by atoms with Crippen LogP contribution in [0, 0.1) is 13.8 Å². The molecule has 0 saturated carbocycles. The van der Waals surface area contributed by atoms with Crippen LogP contribution in [-0.2, 0) is 21.0 Å². The highest BCUT2D eigenvalue weighted by molar-refractivity contribution is 7.97. The summed E-state index contributed by atoms with van der Waals surface area (Å²) in [5.41, 5.74) is 1.86. The second-order valence-corrected chi connectivity index (χ2v) is 11.4. The van der Waals surface area contributed by atoms with E-state index in [-0.39, 0.29) is 10.9 Å². The van der Waals surface area contributed by atoms with Crippen LogP contribution in [0.5, 0.6) is 5.75 Å². The summed E-state index contributed by atoms with van der Waals surface area (Å²) in [5.74, 6) is -14.4. The third-order valence-corrected chi connectivity index (χ3v) is 8.17. The van der Waals surface area contributed by atoms with Gasteiger partial charge in [-0.15, -0.1) is 0 Å². The van der Waals surface area contributed by atoms with Gasteiger partial charge in [-0.2, -0.15) is 39.5 Å². The maximum atomic E-state index is 12.2. The number of alkyl halides is 9. The maximum Gasteiger partial charge on any atom is 0.460 e. The van der Waals surface area contributed by atoms with Gasteiger partial charge in [-0.25, -0.2) is 8.42 Å². The predicted octanol–water partition coefficient (Wildman–Crippen LogP) is 7.06. The monoisotopic (exact) mass is 606 g/mol. The first kappa shape index (κ1) is 32.3. The van der Waals surface area contributed by atoms with Gasteiger partial charge in [0, 0.05) is 12.1 Å². The molecule has 0 heterocycles. The Bertz CT molecular complexity index is 1320. The molecule has 0 radical (unpaired) electrons. The lowest BCUT2D eigenvalue weighted by atomic mass is 10.1. The molecule has 0 aliphatic rings. The molecule has 0 spiro atoms. The minimum atomic E-state index is -7.43. The smallest absolute Gasteiger partial charge is 0.460 e. The molecule has 3 aromatic rings. The molecule has 39 heavy (non-hydrogen) atoms. The Balaban J connectivity index is 0.000000285. The number of rotatable bonds is 6. The summed E-state index contributed by atoms with van der Waals surface area (Å²) in [7, 11) is -7.57. The van der Waals surface area contributed by atoms with Crippen molar-refractivity contribution >= 4 is 21.0 Å². The number of halogens is 9. The van der Waals surface area contributed by atoms with Crippen LogP contribution in [0.1, 0.15) is 11.1 Å². The van der Waals surface area contributed by atoms with E-state index >= 15 is 0 Å². The molecule has 0 bridgehead atoms. The van der Waals surface area contributed by atoms with Crippen LogP contribution in [0.15, 0.2) is 87.5 Å². The van der Waals surface area contributed by atoms with E-state index in [1.54, 1.807) is 0 Å². The Morgan fingerprint density at radius 1 is 0.667 bits per heavy atom. The highest BCUT2D eigenvalue weighted by atomic mass is 32.2. The van der Waals surface area contributed by atoms with Crippen molar-refractivity contribution in [3.63, 3.8) is 0 Å². The molecule has 0 aliphatic carbocycles. The van der Waals surface area contributed by atoms with Crippen molar-refractivity contribution in [2.24, 2.45) is 0 Å². The van der Waals surface area contributed by atoms with Crippen LogP contribution in [0.25, 0.3) is 0 Å². The fourth-order valence-electron chi connectivity index (χ4n) is 3.07. The van der Waals surface area contributed by atoms with Gasteiger partial charge < -0.3 is 9.66 Å². The molecule has 15 heteroatoms. The van der Waals surface area contributed by atoms with Gasteiger partial charge in [0.15, 0.2) is 24.8 Å². The van der Waals surface area contributed by atoms with E-state index in [1.807, 2.05) is 26.0 Å². The van der Waals surface area contributed by atoms with Crippen LogP contribution in [0.2, 0.25) is 0 Å². The quantitative estimate of drug-likeness (QED) is 0.185. The lowest BCUT2D eigenvalue weighted by Crippen LogP contribution is -2.63.